The molecule has 1 aromatic rings. The third-order valence-electron chi connectivity index (χ3n) is 3.01. The fourth-order valence-electron chi connectivity index (χ4n) is 2.22. The van der Waals surface area contributed by atoms with E-state index in [0.29, 0.717) is 6.42 Å². The molecular weight excluding hydrogens is 213 g/mol. The van der Waals surface area contributed by atoms with E-state index in [2.05, 4.69) is 35.2 Å². The predicted molar refractivity (Wildman–Crippen MR) is 72.0 cm³/mol. The maximum atomic E-state index is 11.9. The van der Waals surface area contributed by atoms with Crippen LogP contribution < -0.4 is 0 Å². The molecule has 1 aromatic carbocycles. The van der Waals surface area contributed by atoms with Crippen molar-refractivity contribution in [3.8, 4) is 0 Å². The first kappa shape index (κ1) is 14.2. The van der Waals surface area contributed by atoms with E-state index in [9.17, 15) is 4.39 Å². The highest BCUT2D eigenvalue weighted by molar-refractivity contribution is 5.15. The average Bonchev–Trinajstić information content (AvgIpc) is 2.36. The molecule has 0 atom stereocenters. The van der Waals surface area contributed by atoms with Gasteiger partial charge < -0.3 is 4.90 Å². The lowest BCUT2D eigenvalue weighted by atomic mass is 9.92. The smallest absolute Gasteiger partial charge is 0.0906 e. The summed E-state index contributed by atoms with van der Waals surface area (Å²) >= 11 is 0. The molecule has 0 amide bonds. The van der Waals surface area contributed by atoms with Crippen LogP contribution in [-0.4, -0.2) is 31.2 Å². The summed E-state index contributed by atoms with van der Waals surface area (Å²) in [5.74, 6) is 0.784. The molecule has 0 saturated carbocycles. The maximum Gasteiger partial charge on any atom is 0.0906 e. The number of halogens is 1. The number of nitrogens with zero attached hydrogens (tertiary/aromatic N) is 1. The van der Waals surface area contributed by atoms with E-state index < -0.39 is 0 Å². The second kappa shape index (κ2) is 8.24. The first-order valence-corrected chi connectivity index (χ1v) is 6.70. The van der Waals surface area contributed by atoms with Crippen LogP contribution in [0.3, 0.4) is 0 Å². The van der Waals surface area contributed by atoms with Crippen molar-refractivity contribution in [2.45, 2.75) is 26.7 Å². The predicted octanol–water partition coefficient (Wildman–Crippen LogP) is 3.55. The summed E-state index contributed by atoms with van der Waals surface area (Å²) in [7, 11) is 0. The Bertz CT molecular complexity index is 280. The molecule has 0 radical (unpaired) electrons. The van der Waals surface area contributed by atoms with Gasteiger partial charge in [-0.15, -0.1) is 0 Å². The van der Waals surface area contributed by atoms with Crippen molar-refractivity contribution < 1.29 is 4.39 Å². The Morgan fingerprint density at radius 2 is 1.82 bits per heavy atom. The zero-order valence-corrected chi connectivity index (χ0v) is 11.0. The molecule has 0 spiro atoms. The molecule has 2 heteroatoms. The van der Waals surface area contributed by atoms with E-state index >= 15 is 0 Å². The Labute approximate surface area is 105 Å². The van der Waals surface area contributed by atoms with E-state index in [1.54, 1.807) is 0 Å². The van der Waals surface area contributed by atoms with Gasteiger partial charge in [0, 0.05) is 19.6 Å². The second-order valence-electron chi connectivity index (χ2n) is 4.36. The SMILES string of the molecule is CC.FCCCN1CC(Cc2ccccc2)C1. The Hall–Kier alpha value is -0.890. The largest absolute Gasteiger partial charge is 0.303 e. The molecule has 0 unspecified atom stereocenters. The monoisotopic (exact) mass is 237 g/mol. The average molecular weight is 237 g/mol. The topological polar surface area (TPSA) is 3.24 Å². The van der Waals surface area contributed by atoms with Gasteiger partial charge in [-0.1, -0.05) is 44.2 Å². The van der Waals surface area contributed by atoms with Gasteiger partial charge in [0.2, 0.25) is 0 Å². The summed E-state index contributed by atoms with van der Waals surface area (Å²) in [4.78, 5) is 2.34. The molecular formula is C15H24FN. The summed E-state index contributed by atoms with van der Waals surface area (Å²) in [5.41, 5.74) is 1.42. The van der Waals surface area contributed by atoms with E-state index in [1.807, 2.05) is 13.8 Å². The van der Waals surface area contributed by atoms with Gasteiger partial charge in [0.1, 0.15) is 0 Å². The van der Waals surface area contributed by atoms with Crippen LogP contribution in [0.1, 0.15) is 25.8 Å². The number of rotatable bonds is 5. The highest BCUT2D eigenvalue weighted by Gasteiger charge is 2.25. The lowest BCUT2D eigenvalue weighted by Gasteiger charge is -2.39. The molecule has 1 fully saturated rings. The zero-order valence-electron chi connectivity index (χ0n) is 11.0. The quantitative estimate of drug-likeness (QED) is 0.757. The van der Waals surface area contributed by atoms with E-state index in [1.165, 1.54) is 12.0 Å². The van der Waals surface area contributed by atoms with Crippen LogP contribution in [0.5, 0.6) is 0 Å². The van der Waals surface area contributed by atoms with Gasteiger partial charge in [0.05, 0.1) is 6.67 Å². The van der Waals surface area contributed by atoms with Gasteiger partial charge in [-0.2, -0.15) is 0 Å². The molecule has 0 aromatic heterocycles. The van der Waals surface area contributed by atoms with Crippen LogP contribution in [0.2, 0.25) is 0 Å². The summed E-state index contributed by atoms with van der Waals surface area (Å²) in [6, 6.07) is 10.6. The van der Waals surface area contributed by atoms with Crippen LogP contribution >= 0.6 is 0 Å². The maximum absolute atomic E-state index is 11.9. The Kier molecular flexibility index (Phi) is 6.87. The van der Waals surface area contributed by atoms with Crippen LogP contribution in [0.25, 0.3) is 0 Å². The van der Waals surface area contributed by atoms with Gasteiger partial charge >= 0.3 is 0 Å². The fraction of sp³-hybridized carbons (Fsp3) is 0.600. The van der Waals surface area contributed by atoms with Gasteiger partial charge in [0.15, 0.2) is 0 Å². The number of hydrogen-bond donors (Lipinski definition) is 0. The molecule has 1 nitrogen and oxygen atoms in total. The van der Waals surface area contributed by atoms with Crippen molar-refractivity contribution >= 4 is 0 Å². The molecule has 0 N–H and O–H groups in total. The number of likely N-dealkylation sites (tertiary alicyclic amines) is 1. The standard InChI is InChI=1S/C13H18FN.C2H6/c14-7-4-8-15-10-13(11-15)9-12-5-2-1-3-6-12;1-2/h1-3,5-6,13H,4,7-11H2;1-2H3. The zero-order chi connectivity index (χ0) is 12.5. The first-order valence-electron chi connectivity index (χ1n) is 6.70. The second-order valence-corrected chi connectivity index (χ2v) is 4.36. The summed E-state index contributed by atoms with van der Waals surface area (Å²) in [6.45, 7) is 7.05. The Morgan fingerprint density at radius 1 is 1.18 bits per heavy atom. The van der Waals surface area contributed by atoms with Gasteiger partial charge in [0.25, 0.3) is 0 Å². The molecule has 1 aliphatic rings. The third-order valence-corrected chi connectivity index (χ3v) is 3.01. The van der Waals surface area contributed by atoms with Crippen LogP contribution in [0, 0.1) is 5.92 Å². The highest BCUT2D eigenvalue weighted by Crippen LogP contribution is 2.20. The Morgan fingerprint density at radius 3 is 2.41 bits per heavy atom. The minimum absolute atomic E-state index is 0.181. The number of benzene rings is 1. The van der Waals surface area contributed by atoms with Gasteiger partial charge in [-0.3, -0.25) is 4.39 Å². The van der Waals surface area contributed by atoms with Crippen molar-refractivity contribution in [3.05, 3.63) is 35.9 Å². The van der Waals surface area contributed by atoms with Crippen LogP contribution in [-0.2, 0) is 6.42 Å². The van der Waals surface area contributed by atoms with Crippen molar-refractivity contribution in [2.75, 3.05) is 26.3 Å². The minimum atomic E-state index is -0.181. The summed E-state index contributed by atoms with van der Waals surface area (Å²) in [5, 5.41) is 0. The van der Waals surface area contributed by atoms with Crippen molar-refractivity contribution in [1.82, 2.24) is 4.90 Å². The van der Waals surface area contributed by atoms with Gasteiger partial charge in [-0.05, 0) is 24.3 Å². The molecule has 0 bridgehead atoms. The molecule has 96 valence electrons. The molecule has 17 heavy (non-hydrogen) atoms. The summed E-state index contributed by atoms with van der Waals surface area (Å²) in [6.07, 6.45) is 1.87. The molecule has 1 heterocycles. The first-order chi connectivity index (χ1) is 8.38. The molecule has 1 aliphatic heterocycles. The van der Waals surface area contributed by atoms with Crippen molar-refractivity contribution in [1.29, 1.82) is 0 Å². The molecule has 0 aliphatic carbocycles. The fourth-order valence-corrected chi connectivity index (χ4v) is 2.22. The van der Waals surface area contributed by atoms with Crippen molar-refractivity contribution in [2.24, 2.45) is 5.92 Å². The molecule has 1 saturated heterocycles. The third kappa shape index (κ3) is 4.86. The van der Waals surface area contributed by atoms with Crippen LogP contribution in [0.4, 0.5) is 4.39 Å². The normalized spacial score (nSPS) is 15.9. The summed E-state index contributed by atoms with van der Waals surface area (Å²) < 4.78 is 11.9. The van der Waals surface area contributed by atoms with E-state index in [-0.39, 0.29) is 6.67 Å². The number of alkyl halides is 1. The Balaban J connectivity index is 0.000000686. The van der Waals surface area contributed by atoms with Crippen molar-refractivity contribution in [3.63, 3.8) is 0 Å². The lowest BCUT2D eigenvalue weighted by Crippen LogP contribution is -2.47. The number of hydrogen-bond acceptors (Lipinski definition) is 1. The highest BCUT2D eigenvalue weighted by atomic mass is 19.1. The van der Waals surface area contributed by atoms with Crippen LogP contribution in [0.15, 0.2) is 30.3 Å². The van der Waals surface area contributed by atoms with Gasteiger partial charge in [-0.25, -0.2) is 0 Å². The van der Waals surface area contributed by atoms with E-state index in [0.717, 1.165) is 25.6 Å². The molecule has 2 rings (SSSR count). The lowest BCUT2D eigenvalue weighted by molar-refractivity contribution is 0.0968. The minimum Gasteiger partial charge on any atom is -0.303 e. The van der Waals surface area contributed by atoms with E-state index in [4.69, 9.17) is 0 Å².